The van der Waals surface area contributed by atoms with E-state index in [4.69, 9.17) is 11.0 Å². The molecule has 2 N–H and O–H groups in total. The quantitative estimate of drug-likeness (QED) is 0.249. The van der Waals surface area contributed by atoms with Gasteiger partial charge >= 0.3 is 0 Å². The van der Waals surface area contributed by atoms with E-state index in [1.165, 1.54) is 6.20 Å². The Balaban J connectivity index is 2.69. The topological polar surface area (TPSA) is 127 Å². The predicted octanol–water partition coefficient (Wildman–Crippen LogP) is -0.133. The third-order valence-corrected chi connectivity index (χ3v) is 1.76. The molecule has 0 saturated heterocycles. The minimum atomic E-state index is -0.906. The zero-order valence-corrected chi connectivity index (χ0v) is 8.74. The lowest BCUT2D eigenvalue weighted by Crippen LogP contribution is -2.17. The molecule has 0 amide bonds. The van der Waals surface area contributed by atoms with Crippen molar-refractivity contribution in [3.63, 3.8) is 0 Å². The number of nitriles is 1. The number of aromatic nitrogens is 1. The summed E-state index contributed by atoms with van der Waals surface area (Å²) in [6, 6.07) is 5.09. The van der Waals surface area contributed by atoms with Crippen molar-refractivity contribution in [3.8, 4) is 6.07 Å². The molecule has 1 aromatic rings. The second-order valence-corrected chi connectivity index (χ2v) is 2.84. The summed E-state index contributed by atoms with van der Waals surface area (Å²) in [7, 11) is 0. The Hall–Kier alpha value is -2.69. The Labute approximate surface area is 96.5 Å². The summed E-state index contributed by atoms with van der Waals surface area (Å²) < 4.78 is 0. The van der Waals surface area contributed by atoms with Crippen molar-refractivity contribution in [1.82, 2.24) is 4.98 Å². The molecule has 1 rings (SSSR count). The van der Waals surface area contributed by atoms with Crippen molar-refractivity contribution >= 4 is 5.84 Å². The summed E-state index contributed by atoms with van der Waals surface area (Å²) >= 11 is 0. The van der Waals surface area contributed by atoms with Crippen LogP contribution in [0.4, 0.5) is 0 Å². The highest BCUT2D eigenvalue weighted by molar-refractivity contribution is 5.99. The molecule has 0 aromatic carbocycles. The highest BCUT2D eigenvalue weighted by Crippen LogP contribution is 2.03. The normalized spacial score (nSPS) is 10.6. The van der Waals surface area contributed by atoms with Gasteiger partial charge in [-0.1, -0.05) is 0 Å². The fraction of sp³-hybridized carbons (Fsp3) is 0.222. The van der Waals surface area contributed by atoms with Crippen LogP contribution in [0, 0.1) is 21.4 Å². The Bertz CT molecular complexity index is 480. The van der Waals surface area contributed by atoms with Gasteiger partial charge in [-0.2, -0.15) is 5.26 Å². The molecule has 1 heterocycles. The van der Waals surface area contributed by atoms with E-state index in [9.17, 15) is 10.1 Å². The summed E-state index contributed by atoms with van der Waals surface area (Å²) in [6.07, 6.45) is 1.46. The summed E-state index contributed by atoms with van der Waals surface area (Å²) in [6.45, 7) is -0.150. The molecule has 88 valence electrons. The predicted molar refractivity (Wildman–Crippen MR) is 57.5 cm³/mol. The van der Waals surface area contributed by atoms with Gasteiger partial charge in [0.15, 0.2) is 5.69 Å². The minimum Gasteiger partial charge on any atom is -0.383 e. The molecule has 0 bridgehead atoms. The molecule has 0 aliphatic rings. The zero-order valence-electron chi connectivity index (χ0n) is 8.74. The van der Waals surface area contributed by atoms with Gasteiger partial charge in [-0.3, -0.25) is 4.99 Å². The Morgan fingerprint density at radius 3 is 3.18 bits per heavy atom. The van der Waals surface area contributed by atoms with E-state index in [0.29, 0.717) is 5.56 Å². The molecule has 0 aliphatic heterocycles. The number of hydrogen-bond donors (Lipinski definition) is 1. The van der Waals surface area contributed by atoms with E-state index in [1.54, 1.807) is 12.1 Å². The van der Waals surface area contributed by atoms with E-state index in [-0.39, 0.29) is 24.7 Å². The van der Waals surface area contributed by atoms with Crippen LogP contribution in [0.15, 0.2) is 23.3 Å². The molecular weight excluding hydrogens is 226 g/mol. The number of nitrogens with zero attached hydrogens (tertiary/aromatic N) is 4. The number of amidine groups is 1. The molecule has 0 fully saturated rings. The van der Waals surface area contributed by atoms with E-state index in [0.717, 1.165) is 0 Å². The fourth-order valence-corrected chi connectivity index (χ4v) is 1.07. The monoisotopic (exact) mass is 235 g/mol. The molecule has 0 atom stereocenters. The third-order valence-electron chi connectivity index (χ3n) is 1.76. The van der Waals surface area contributed by atoms with Crippen LogP contribution in [0.2, 0.25) is 0 Å². The molecule has 17 heavy (non-hydrogen) atoms. The molecule has 0 saturated carbocycles. The molecular formula is C9H9N5O3. The molecule has 1 aromatic heterocycles. The van der Waals surface area contributed by atoms with Crippen LogP contribution >= 0.6 is 0 Å². The largest absolute Gasteiger partial charge is 0.383 e. The average Bonchev–Trinajstić information content (AvgIpc) is 2.34. The van der Waals surface area contributed by atoms with Gasteiger partial charge in [-0.25, -0.2) is 4.98 Å². The van der Waals surface area contributed by atoms with Crippen LogP contribution in [0.3, 0.4) is 0 Å². The Kier molecular flexibility index (Phi) is 4.38. The smallest absolute Gasteiger partial charge is 0.294 e. The molecule has 0 unspecified atom stereocenters. The van der Waals surface area contributed by atoms with E-state index >= 15 is 0 Å². The van der Waals surface area contributed by atoms with Gasteiger partial charge in [-0.15, -0.1) is 10.1 Å². The van der Waals surface area contributed by atoms with Crippen LogP contribution in [0.1, 0.15) is 11.3 Å². The Morgan fingerprint density at radius 2 is 2.53 bits per heavy atom. The number of pyridine rings is 1. The lowest BCUT2D eigenvalue weighted by atomic mass is 10.2. The first-order valence-corrected chi connectivity index (χ1v) is 4.58. The van der Waals surface area contributed by atoms with Crippen LogP contribution < -0.4 is 5.73 Å². The third kappa shape index (κ3) is 3.75. The molecule has 0 spiro atoms. The van der Waals surface area contributed by atoms with Gasteiger partial charge in [0.1, 0.15) is 18.5 Å². The average molecular weight is 235 g/mol. The van der Waals surface area contributed by atoms with Crippen LogP contribution in [0.25, 0.3) is 0 Å². The van der Waals surface area contributed by atoms with Gasteiger partial charge in [0, 0.05) is 6.20 Å². The second kappa shape index (κ2) is 6.02. The first-order valence-electron chi connectivity index (χ1n) is 4.58. The van der Waals surface area contributed by atoms with Crippen molar-refractivity contribution in [2.75, 3.05) is 13.2 Å². The standard InChI is InChI=1S/C9H9N5O3/c10-6-8-7(2-1-3-12-8)9(11)13-4-5-17-14(15)16/h1-3H,4-5H2,(H2,11,13). The lowest BCUT2D eigenvalue weighted by Gasteiger charge is -2.02. The number of nitrogens with two attached hydrogens (primary N) is 1. The van der Waals surface area contributed by atoms with Crippen LogP contribution in [0.5, 0.6) is 0 Å². The van der Waals surface area contributed by atoms with Crippen molar-refractivity contribution in [3.05, 3.63) is 39.7 Å². The van der Waals surface area contributed by atoms with Gasteiger partial charge in [0.25, 0.3) is 5.09 Å². The van der Waals surface area contributed by atoms with E-state index in [2.05, 4.69) is 14.8 Å². The maximum absolute atomic E-state index is 9.86. The molecule has 0 radical (unpaired) electrons. The Morgan fingerprint density at radius 1 is 1.76 bits per heavy atom. The highest BCUT2D eigenvalue weighted by Gasteiger charge is 2.05. The number of aliphatic imine (C=N–C) groups is 1. The maximum atomic E-state index is 9.86. The van der Waals surface area contributed by atoms with Crippen LogP contribution in [-0.2, 0) is 4.84 Å². The zero-order chi connectivity index (χ0) is 12.7. The van der Waals surface area contributed by atoms with Crippen molar-refractivity contribution in [2.24, 2.45) is 10.7 Å². The first kappa shape index (κ1) is 12.4. The van der Waals surface area contributed by atoms with Crippen molar-refractivity contribution in [1.29, 1.82) is 5.26 Å². The van der Waals surface area contributed by atoms with Crippen molar-refractivity contribution < 1.29 is 9.92 Å². The minimum absolute atomic E-state index is 0.0343. The van der Waals surface area contributed by atoms with Crippen LogP contribution in [-0.4, -0.2) is 29.1 Å². The summed E-state index contributed by atoms with van der Waals surface area (Å²) in [5, 5.41) is 17.7. The summed E-state index contributed by atoms with van der Waals surface area (Å²) in [4.78, 5) is 21.6. The fourth-order valence-electron chi connectivity index (χ4n) is 1.07. The van der Waals surface area contributed by atoms with Gasteiger partial charge in [0.05, 0.1) is 12.1 Å². The van der Waals surface area contributed by atoms with Gasteiger partial charge in [0.2, 0.25) is 0 Å². The molecule has 0 aliphatic carbocycles. The maximum Gasteiger partial charge on any atom is 0.294 e. The number of rotatable bonds is 5. The highest BCUT2D eigenvalue weighted by atomic mass is 16.9. The molecule has 8 nitrogen and oxygen atoms in total. The van der Waals surface area contributed by atoms with E-state index < -0.39 is 5.09 Å². The molecule has 8 heteroatoms. The van der Waals surface area contributed by atoms with Gasteiger partial charge in [-0.05, 0) is 12.1 Å². The SMILES string of the molecule is N#Cc1ncccc1C(N)=NCCO[N+](=O)[O-]. The summed E-state index contributed by atoms with van der Waals surface area (Å²) in [5.41, 5.74) is 6.18. The summed E-state index contributed by atoms with van der Waals surface area (Å²) in [5.74, 6) is 0.0987. The van der Waals surface area contributed by atoms with E-state index in [1.807, 2.05) is 6.07 Å². The first-order chi connectivity index (χ1) is 8.15. The lowest BCUT2D eigenvalue weighted by molar-refractivity contribution is -0.757. The number of hydrogen-bond acceptors (Lipinski definition) is 6. The van der Waals surface area contributed by atoms with Gasteiger partial charge < -0.3 is 10.6 Å². The van der Waals surface area contributed by atoms with Crippen molar-refractivity contribution in [2.45, 2.75) is 0 Å². The second-order valence-electron chi connectivity index (χ2n) is 2.84.